The molecule has 0 saturated heterocycles. The van der Waals surface area contributed by atoms with Crippen molar-refractivity contribution in [2.45, 2.75) is 35.6 Å². The van der Waals surface area contributed by atoms with Gasteiger partial charge in [0.2, 0.25) is 0 Å². The van der Waals surface area contributed by atoms with E-state index in [9.17, 15) is 4.79 Å². The van der Waals surface area contributed by atoms with Crippen LogP contribution in [0, 0.1) is 0 Å². The second-order valence-electron chi connectivity index (χ2n) is 5.11. The van der Waals surface area contributed by atoms with Gasteiger partial charge in [0.15, 0.2) is 11.9 Å². The summed E-state index contributed by atoms with van der Waals surface area (Å²) in [4.78, 5) is 19.7. The average Bonchev–Trinajstić information content (AvgIpc) is 2.52. The Morgan fingerprint density at radius 3 is 2.08 bits per heavy atom. The van der Waals surface area contributed by atoms with Gasteiger partial charge in [-0.05, 0) is 25.7 Å². The lowest BCUT2D eigenvalue weighted by Crippen LogP contribution is -2.39. The topological polar surface area (TPSA) is 167 Å². The van der Waals surface area contributed by atoms with Gasteiger partial charge in [-0.3, -0.25) is 9.98 Å². The van der Waals surface area contributed by atoms with E-state index in [-0.39, 0.29) is 21.8 Å². The fourth-order valence-corrected chi connectivity index (χ4v) is 2.48. The second kappa shape index (κ2) is 12.7. The number of nitrogens with two attached hydrogens (primary N) is 4. The fraction of sp³-hybridized carbons (Fsp3) is 0.643. The lowest BCUT2D eigenvalue weighted by Gasteiger charge is -2.21. The van der Waals surface area contributed by atoms with Gasteiger partial charge < -0.3 is 33.0 Å². The number of hydrogen-bond donors (Lipinski definition) is 5. The normalized spacial score (nSPS) is 12.6. The van der Waals surface area contributed by atoms with Crippen LogP contribution in [0.15, 0.2) is 22.3 Å². The summed E-state index contributed by atoms with van der Waals surface area (Å²) in [5.74, 6) is -0.219. The van der Waals surface area contributed by atoms with Gasteiger partial charge in [0, 0.05) is 18.8 Å². The number of esters is 1. The molecule has 0 fully saturated rings. The van der Waals surface area contributed by atoms with E-state index in [1.165, 1.54) is 7.11 Å². The predicted octanol–water partition coefficient (Wildman–Crippen LogP) is -0.458. The van der Waals surface area contributed by atoms with Gasteiger partial charge >= 0.3 is 5.97 Å². The van der Waals surface area contributed by atoms with Crippen LogP contribution in [0.5, 0.6) is 0 Å². The number of ether oxygens (including phenoxy) is 1. The molecule has 9 nitrogen and oxygen atoms in total. The number of hydrogen-bond acceptors (Lipinski definition) is 5. The van der Waals surface area contributed by atoms with Crippen molar-refractivity contribution in [3.8, 4) is 0 Å². The molecule has 0 aliphatic carbocycles. The van der Waals surface area contributed by atoms with E-state index in [1.807, 2.05) is 0 Å². The first-order valence-corrected chi connectivity index (χ1v) is 8.80. The molecular weight excluding hydrogens is 425 g/mol. The third kappa shape index (κ3) is 10.9. The Morgan fingerprint density at radius 2 is 1.62 bits per heavy atom. The molecule has 138 valence electrons. The monoisotopic (exact) mass is 453 g/mol. The van der Waals surface area contributed by atoms with Crippen LogP contribution in [0.3, 0.4) is 0 Å². The number of halogens is 1. The van der Waals surface area contributed by atoms with E-state index in [4.69, 9.17) is 27.7 Å². The fourth-order valence-electron chi connectivity index (χ4n) is 1.86. The predicted molar refractivity (Wildman–Crippen MR) is 106 cm³/mol. The summed E-state index contributed by atoms with van der Waals surface area (Å²) in [6, 6.07) is -0.480. The Balaban J connectivity index is 4.39. The van der Waals surface area contributed by atoms with Gasteiger partial charge in [0.1, 0.15) is 6.04 Å². The minimum atomic E-state index is -0.480. The van der Waals surface area contributed by atoms with Crippen LogP contribution in [-0.4, -0.2) is 48.1 Å². The number of carbonyl (C=O) groups excluding carboxylic acids is 1. The summed E-state index contributed by atoms with van der Waals surface area (Å²) in [7, 11) is 1.35. The smallest absolute Gasteiger partial charge is 0.328 e. The van der Waals surface area contributed by atoms with Crippen molar-refractivity contribution in [2.75, 3.05) is 20.2 Å². The second-order valence-corrected chi connectivity index (χ2v) is 6.61. The quantitative estimate of drug-likeness (QED) is 0.0666. The summed E-state index contributed by atoms with van der Waals surface area (Å²) in [6.45, 7) is 5.02. The number of rotatable bonds is 12. The highest BCUT2D eigenvalue weighted by atomic mass is 127. The maximum absolute atomic E-state index is 11.9. The van der Waals surface area contributed by atoms with E-state index in [0.29, 0.717) is 25.9 Å². The number of methoxy groups -OCH3 is 1. The molecule has 2 unspecified atom stereocenters. The molecule has 0 bridgehead atoms. The summed E-state index contributed by atoms with van der Waals surface area (Å²) in [5.41, 5.74) is 21.9. The average molecular weight is 453 g/mol. The van der Waals surface area contributed by atoms with E-state index in [1.54, 1.807) is 0 Å². The lowest BCUT2D eigenvalue weighted by molar-refractivity contribution is -0.143. The van der Waals surface area contributed by atoms with Crippen LogP contribution in [0.4, 0.5) is 0 Å². The van der Waals surface area contributed by atoms with Crippen LogP contribution in [0.25, 0.3) is 0 Å². The number of carbonyl (C=O) groups is 1. The van der Waals surface area contributed by atoms with Crippen LogP contribution < -0.4 is 28.3 Å². The van der Waals surface area contributed by atoms with Crippen molar-refractivity contribution in [2.24, 2.45) is 32.9 Å². The molecule has 0 amide bonds. The molecule has 0 rings (SSSR count). The molecule has 0 spiro atoms. The summed E-state index contributed by atoms with van der Waals surface area (Å²) in [5, 5.41) is 3.13. The van der Waals surface area contributed by atoms with Crippen molar-refractivity contribution in [1.82, 2.24) is 5.32 Å². The molecule has 24 heavy (non-hydrogen) atoms. The first-order chi connectivity index (χ1) is 11.3. The first-order valence-electron chi connectivity index (χ1n) is 7.56. The number of alkyl halides is 1. The molecule has 0 aromatic heterocycles. The maximum atomic E-state index is 11.9. The van der Waals surface area contributed by atoms with Crippen molar-refractivity contribution >= 4 is 40.5 Å². The largest absolute Gasteiger partial charge is 0.467 e. The van der Waals surface area contributed by atoms with Crippen molar-refractivity contribution in [3.05, 3.63) is 12.3 Å². The van der Waals surface area contributed by atoms with E-state index in [2.05, 4.69) is 44.5 Å². The van der Waals surface area contributed by atoms with Gasteiger partial charge in [0.25, 0.3) is 0 Å². The first kappa shape index (κ1) is 22.3. The molecule has 9 N–H and O–H groups in total. The number of aliphatic imine (C=N–C) groups is 2. The zero-order valence-electron chi connectivity index (χ0n) is 14.0. The molecule has 0 radical (unpaired) electrons. The van der Waals surface area contributed by atoms with Crippen molar-refractivity contribution in [1.29, 1.82) is 0 Å². The number of nitrogens with one attached hydrogen (secondary N) is 1. The third-order valence-corrected chi connectivity index (χ3v) is 4.45. The van der Waals surface area contributed by atoms with Crippen LogP contribution in [0.2, 0.25) is 0 Å². The van der Waals surface area contributed by atoms with Crippen LogP contribution in [-0.2, 0) is 9.53 Å². The highest BCUT2D eigenvalue weighted by Crippen LogP contribution is 2.17. The highest BCUT2D eigenvalue weighted by Gasteiger charge is 2.21. The highest BCUT2D eigenvalue weighted by molar-refractivity contribution is 14.1. The Labute approximate surface area is 156 Å². The Kier molecular flexibility index (Phi) is 11.8. The van der Waals surface area contributed by atoms with Gasteiger partial charge in [-0.25, -0.2) is 4.79 Å². The van der Waals surface area contributed by atoms with Gasteiger partial charge in [-0.2, -0.15) is 0 Å². The van der Waals surface area contributed by atoms with Crippen molar-refractivity contribution in [3.63, 3.8) is 0 Å². The minimum Gasteiger partial charge on any atom is -0.467 e. The number of allylic oxidation sites excluding steroid dienone is 1. The SMILES string of the molecule is C=C(NC(CCCN=C(N)N)C(=O)OC)C(I)CCCN=C(N)N. The Morgan fingerprint density at radius 1 is 1.12 bits per heavy atom. The standard InChI is InChI=1S/C14H28IN7O2/c1-9(10(15)5-3-7-20-13(16)17)22-11(12(23)24-2)6-4-8-21-14(18)19/h10-11,22H,1,3-8H2,2H3,(H4,16,17,20)(H4,18,19,21). The molecule has 0 aromatic rings. The summed E-state index contributed by atoms with van der Waals surface area (Å²) < 4.78 is 4.96. The molecule has 2 atom stereocenters. The minimum absolute atomic E-state index is 0.0371. The Bertz CT molecular complexity index is 460. The third-order valence-electron chi connectivity index (χ3n) is 3.08. The zero-order chi connectivity index (χ0) is 18.5. The van der Waals surface area contributed by atoms with E-state index >= 15 is 0 Å². The van der Waals surface area contributed by atoms with Gasteiger partial charge in [0.05, 0.1) is 11.0 Å². The molecule has 0 saturated carbocycles. The van der Waals surface area contributed by atoms with E-state index in [0.717, 1.165) is 18.5 Å². The van der Waals surface area contributed by atoms with Gasteiger partial charge in [-0.15, -0.1) is 0 Å². The summed E-state index contributed by atoms with van der Waals surface area (Å²) in [6.07, 6.45) is 2.85. The maximum Gasteiger partial charge on any atom is 0.328 e. The molecule has 0 aliphatic heterocycles. The van der Waals surface area contributed by atoms with E-state index < -0.39 is 6.04 Å². The number of nitrogens with zero attached hydrogens (tertiary/aromatic N) is 2. The number of guanidine groups is 2. The molecule has 0 aliphatic rings. The molecule has 10 heteroatoms. The summed E-state index contributed by atoms with van der Waals surface area (Å²) >= 11 is 2.27. The van der Waals surface area contributed by atoms with Crippen molar-refractivity contribution < 1.29 is 9.53 Å². The van der Waals surface area contributed by atoms with Gasteiger partial charge in [-0.1, -0.05) is 29.2 Å². The van der Waals surface area contributed by atoms with Crippen LogP contribution in [0.1, 0.15) is 25.7 Å². The zero-order valence-corrected chi connectivity index (χ0v) is 16.2. The molecular formula is C14H28IN7O2. The lowest BCUT2D eigenvalue weighted by atomic mass is 10.1. The van der Waals surface area contributed by atoms with Crippen LogP contribution >= 0.6 is 22.6 Å². The molecule has 0 heterocycles. The molecule has 0 aromatic carbocycles. The Hall–Kier alpha value is -1.72.